The maximum atomic E-state index is 13.5. The number of hydrogen-bond donors (Lipinski definition) is 12. The fraction of sp³-hybridized carbons (Fsp3) is 0.900. The Morgan fingerprint density at radius 1 is 0.330 bits per heavy atom. The summed E-state index contributed by atoms with van der Waals surface area (Å²) in [7, 11) is 0. The van der Waals surface area contributed by atoms with E-state index in [1.54, 1.807) is 6.08 Å². The van der Waals surface area contributed by atoms with Crippen molar-refractivity contribution in [1.29, 1.82) is 0 Å². The highest BCUT2D eigenvalue weighted by atomic mass is 16.8. The van der Waals surface area contributed by atoms with Gasteiger partial charge in [0, 0.05) is 6.42 Å². The van der Waals surface area contributed by atoms with E-state index in [0.29, 0.717) is 12.8 Å². The summed E-state index contributed by atoms with van der Waals surface area (Å²) in [5, 5.41) is 121. The van der Waals surface area contributed by atoms with Crippen molar-refractivity contribution in [3.05, 3.63) is 48.6 Å². The largest absolute Gasteiger partial charge is 0.394 e. The highest BCUT2D eigenvalue weighted by Gasteiger charge is 2.54. The fourth-order valence-corrected chi connectivity index (χ4v) is 15.4. The Hall–Kier alpha value is -2.25. The minimum atomic E-state index is -1.98. The van der Waals surface area contributed by atoms with Crippen LogP contribution in [-0.4, -0.2) is 193 Å². The number of rotatable bonds is 74. The molecule has 0 aromatic rings. The topological polar surface area (TPSA) is 307 Å². The van der Waals surface area contributed by atoms with Crippen molar-refractivity contribution in [2.24, 2.45) is 0 Å². The molecular weight excluding hydrogens is 1380 g/mol. The molecule has 3 heterocycles. The van der Waals surface area contributed by atoms with Crippen LogP contribution in [0.5, 0.6) is 0 Å². The summed E-state index contributed by atoms with van der Waals surface area (Å²) < 4.78 is 34.5. The first-order chi connectivity index (χ1) is 53.3. The molecule has 19 heteroatoms. The number of ether oxygens (including phenoxy) is 6. The van der Waals surface area contributed by atoms with Crippen LogP contribution in [0, 0.1) is 0 Å². The third-order valence-electron chi connectivity index (χ3n) is 22.6. The molecule has 0 spiro atoms. The third kappa shape index (κ3) is 48.8. The zero-order valence-corrected chi connectivity index (χ0v) is 69.1. The second-order valence-corrected chi connectivity index (χ2v) is 32.4. The first-order valence-corrected chi connectivity index (χ1v) is 45.4. The van der Waals surface area contributed by atoms with Crippen molar-refractivity contribution in [2.75, 3.05) is 26.4 Å². The van der Waals surface area contributed by atoms with Crippen LogP contribution in [0.3, 0.4) is 0 Å². The minimum absolute atomic E-state index is 0.239. The van der Waals surface area contributed by atoms with Crippen LogP contribution in [0.2, 0.25) is 0 Å². The Labute approximate surface area is 663 Å². The smallest absolute Gasteiger partial charge is 0.220 e. The number of amides is 1. The molecule has 19 nitrogen and oxygen atoms in total. The molecule has 109 heavy (non-hydrogen) atoms. The van der Waals surface area contributed by atoms with Gasteiger partial charge in [0.1, 0.15) is 73.2 Å². The molecule has 0 saturated carbocycles. The van der Waals surface area contributed by atoms with Crippen molar-refractivity contribution in [1.82, 2.24) is 5.32 Å². The molecule has 0 aromatic carbocycles. The lowest BCUT2D eigenvalue weighted by molar-refractivity contribution is -0.379. The lowest BCUT2D eigenvalue weighted by Gasteiger charge is -2.48. The molecule has 0 aliphatic carbocycles. The van der Waals surface area contributed by atoms with E-state index in [1.807, 2.05) is 6.08 Å². The van der Waals surface area contributed by atoms with Crippen LogP contribution in [0.15, 0.2) is 48.6 Å². The predicted octanol–water partition coefficient (Wildman–Crippen LogP) is 17.2. The summed E-state index contributed by atoms with van der Waals surface area (Å²) in [4.78, 5) is 13.5. The van der Waals surface area contributed by atoms with Gasteiger partial charge < -0.3 is 89.9 Å². The molecule has 3 aliphatic rings. The number of unbranched alkanes of at least 4 members (excludes halogenated alkanes) is 52. The molecule has 0 radical (unpaired) electrons. The molecule has 3 saturated heterocycles. The maximum Gasteiger partial charge on any atom is 0.220 e. The van der Waals surface area contributed by atoms with Crippen molar-refractivity contribution in [3.63, 3.8) is 0 Å². The average molecular weight is 1550 g/mol. The Bertz CT molecular complexity index is 2150. The second kappa shape index (κ2) is 70.0. The number of aliphatic hydroxyl groups excluding tert-OH is 11. The molecule has 12 N–H and O–H groups in total. The zero-order chi connectivity index (χ0) is 78.8. The maximum absolute atomic E-state index is 13.5. The van der Waals surface area contributed by atoms with Gasteiger partial charge in [-0.05, 0) is 64.2 Å². The molecule has 0 aromatic heterocycles. The van der Waals surface area contributed by atoms with Gasteiger partial charge >= 0.3 is 0 Å². The summed E-state index contributed by atoms with van der Waals surface area (Å²) in [6.07, 6.45) is 64.2. The quantitative estimate of drug-likeness (QED) is 0.0199. The number of nitrogens with one attached hydrogen (secondary N) is 1. The molecule has 17 atom stereocenters. The molecular formula is C90H167NO18. The van der Waals surface area contributed by atoms with Crippen molar-refractivity contribution < 1.29 is 89.4 Å². The van der Waals surface area contributed by atoms with E-state index in [0.717, 1.165) is 44.9 Å². The van der Waals surface area contributed by atoms with Gasteiger partial charge in [-0.2, -0.15) is 0 Å². The molecule has 0 bridgehead atoms. The van der Waals surface area contributed by atoms with Gasteiger partial charge in [0.15, 0.2) is 18.9 Å². The predicted molar refractivity (Wildman–Crippen MR) is 439 cm³/mol. The molecule has 3 aliphatic heterocycles. The number of carbonyl (C=O) groups is 1. The summed E-state index contributed by atoms with van der Waals surface area (Å²) in [6.45, 7) is 1.77. The van der Waals surface area contributed by atoms with Crippen LogP contribution >= 0.6 is 0 Å². The zero-order valence-electron chi connectivity index (χ0n) is 69.1. The van der Waals surface area contributed by atoms with Crippen molar-refractivity contribution in [3.8, 4) is 0 Å². The summed E-state index contributed by atoms with van der Waals surface area (Å²) in [6, 6.07) is -0.992. The van der Waals surface area contributed by atoms with E-state index < -0.39 is 124 Å². The molecule has 1 amide bonds. The number of carbonyl (C=O) groups excluding carboxylic acids is 1. The summed E-state index contributed by atoms with van der Waals surface area (Å²) in [5.41, 5.74) is 0. The number of aliphatic hydroxyl groups is 11. The van der Waals surface area contributed by atoms with Gasteiger partial charge in [-0.25, -0.2) is 0 Å². The van der Waals surface area contributed by atoms with Crippen LogP contribution < -0.4 is 5.32 Å². The van der Waals surface area contributed by atoms with Gasteiger partial charge in [0.2, 0.25) is 5.91 Å². The first kappa shape index (κ1) is 101. The van der Waals surface area contributed by atoms with Crippen molar-refractivity contribution >= 4 is 5.91 Å². The third-order valence-corrected chi connectivity index (χ3v) is 22.6. The number of allylic oxidation sites excluding steroid dienone is 7. The number of hydrogen-bond acceptors (Lipinski definition) is 18. The van der Waals surface area contributed by atoms with E-state index in [-0.39, 0.29) is 18.9 Å². The SMILES string of the molecule is CCCCCCC/C=C\C/C=C\CCCCCCCCCCCCCCCCCCCCCCCCCC(=O)NC(COC1OC(CO)C(OC2OC(CO)C(OC3OC(CO)C(O)C(O)C3O)C(O)C2O)C(O)C1O)C(O)/C=C/CC/C=C/CCCCCCCCCCCCCCCCCCCCCCCCC. The monoisotopic (exact) mass is 1550 g/mol. The van der Waals surface area contributed by atoms with E-state index in [2.05, 4.69) is 55.6 Å². The highest BCUT2D eigenvalue weighted by molar-refractivity contribution is 5.76. The summed E-state index contributed by atoms with van der Waals surface area (Å²) >= 11 is 0. The normalized spacial score (nSPS) is 25.5. The van der Waals surface area contributed by atoms with Gasteiger partial charge in [-0.1, -0.05) is 364 Å². The van der Waals surface area contributed by atoms with Crippen molar-refractivity contribution in [2.45, 2.75) is 491 Å². The lowest BCUT2D eigenvalue weighted by Crippen LogP contribution is -2.66. The lowest BCUT2D eigenvalue weighted by atomic mass is 9.96. The molecule has 3 rings (SSSR count). The highest BCUT2D eigenvalue weighted by Crippen LogP contribution is 2.34. The van der Waals surface area contributed by atoms with Gasteiger partial charge in [-0.3, -0.25) is 4.79 Å². The van der Waals surface area contributed by atoms with Crippen LogP contribution in [0.25, 0.3) is 0 Å². The minimum Gasteiger partial charge on any atom is -0.394 e. The van der Waals surface area contributed by atoms with E-state index in [4.69, 9.17) is 28.4 Å². The summed E-state index contributed by atoms with van der Waals surface area (Å²) in [5.74, 6) is -0.278. The van der Waals surface area contributed by atoms with Crippen LogP contribution in [0.4, 0.5) is 0 Å². The Morgan fingerprint density at radius 2 is 0.615 bits per heavy atom. The standard InChI is InChI=1S/C90H167NO18/c1-3-5-7-9-11-13-15-17-19-21-23-25-27-29-31-33-34-35-36-37-38-40-42-44-46-48-50-52-54-56-58-60-62-64-66-68-78(96)91-73(74(95)67-65-63-61-59-57-55-53-51-49-47-45-43-41-39-32-30-28-26-24-22-20-18-16-14-12-10-8-6-4-2)72-104-88-84(102)81(99)86(76(70-93)106-88)109-90-85(103)82(100)87(77(71-94)107-90)108-89-83(101)80(98)79(97)75(69-92)105-89/h15,17,21,23,57,59,65,67,73-77,79-90,92-95,97-103H,3-14,16,18-20,22,24-56,58,60-64,66,68-72H2,1-2H3,(H,91,96)/b17-15-,23-21-,59-57+,67-65+. The first-order valence-electron chi connectivity index (χ1n) is 45.4. The van der Waals surface area contributed by atoms with Crippen LogP contribution in [0.1, 0.15) is 386 Å². The van der Waals surface area contributed by atoms with E-state index >= 15 is 0 Å². The van der Waals surface area contributed by atoms with E-state index in [9.17, 15) is 61.0 Å². The Kier molecular flexibility index (Phi) is 64.8. The van der Waals surface area contributed by atoms with Gasteiger partial charge in [-0.15, -0.1) is 0 Å². The van der Waals surface area contributed by atoms with E-state index in [1.165, 1.54) is 308 Å². The Balaban J connectivity index is 1.33. The van der Waals surface area contributed by atoms with Gasteiger partial charge in [0.05, 0.1) is 38.6 Å². The average Bonchev–Trinajstić information content (AvgIpc) is 0.749. The van der Waals surface area contributed by atoms with Crippen LogP contribution in [-0.2, 0) is 33.2 Å². The second-order valence-electron chi connectivity index (χ2n) is 32.4. The molecule has 17 unspecified atom stereocenters. The molecule has 640 valence electrons. The van der Waals surface area contributed by atoms with Gasteiger partial charge in [0.25, 0.3) is 0 Å². The Morgan fingerprint density at radius 3 is 0.972 bits per heavy atom. The fourth-order valence-electron chi connectivity index (χ4n) is 15.4. The molecule has 3 fully saturated rings.